The third kappa shape index (κ3) is 8.03. The Balaban J connectivity index is 1.75. The molecule has 0 aromatic carbocycles. The number of nitrogens with zero attached hydrogens (tertiary/aromatic N) is 3. The van der Waals surface area contributed by atoms with Crippen molar-refractivity contribution in [3.8, 4) is 5.88 Å². The van der Waals surface area contributed by atoms with Crippen LogP contribution in [0.1, 0.15) is 24.8 Å². The normalized spacial score (nSPS) is 16.3. The highest BCUT2D eigenvalue weighted by atomic mass is 19.4. The van der Waals surface area contributed by atoms with Crippen LogP contribution in [-0.2, 0) is 11.3 Å². The van der Waals surface area contributed by atoms with E-state index in [0.29, 0.717) is 12.5 Å². The molecule has 0 spiro atoms. The summed E-state index contributed by atoms with van der Waals surface area (Å²) >= 11 is 0. The van der Waals surface area contributed by atoms with E-state index < -0.39 is 12.8 Å². The molecule has 0 radical (unpaired) electrons. The highest BCUT2D eigenvalue weighted by Gasteiger charge is 2.28. The molecule has 2 rings (SSSR count). The summed E-state index contributed by atoms with van der Waals surface area (Å²) in [5.74, 6) is 1.40. The van der Waals surface area contributed by atoms with E-state index in [-0.39, 0.29) is 5.88 Å². The molecule has 0 aliphatic carbocycles. The summed E-state index contributed by atoms with van der Waals surface area (Å²) in [6, 6.07) is 3.11. The molecule has 27 heavy (non-hydrogen) atoms. The van der Waals surface area contributed by atoms with Crippen LogP contribution in [0.5, 0.6) is 5.88 Å². The van der Waals surface area contributed by atoms with Gasteiger partial charge in [0, 0.05) is 52.7 Å². The van der Waals surface area contributed by atoms with Gasteiger partial charge in [-0.1, -0.05) is 6.07 Å². The van der Waals surface area contributed by atoms with Gasteiger partial charge in [0.1, 0.15) is 0 Å². The number of nitrogens with one attached hydrogen (secondary N) is 1. The summed E-state index contributed by atoms with van der Waals surface area (Å²) in [5, 5.41) is 3.24. The van der Waals surface area contributed by atoms with Crippen LogP contribution in [0, 0.1) is 5.92 Å². The molecule has 1 fully saturated rings. The van der Waals surface area contributed by atoms with Crippen LogP contribution >= 0.6 is 0 Å². The predicted octanol–water partition coefficient (Wildman–Crippen LogP) is 2.85. The average Bonchev–Trinajstić information content (AvgIpc) is 2.66. The molecule has 1 aromatic rings. The van der Waals surface area contributed by atoms with Gasteiger partial charge in [-0.05, 0) is 30.7 Å². The molecular formula is C18H27F3N4O2. The smallest absolute Gasteiger partial charge is 0.422 e. The fraction of sp³-hybridized carbons (Fsp3) is 0.667. The van der Waals surface area contributed by atoms with Crippen molar-refractivity contribution in [1.82, 2.24) is 15.2 Å². The van der Waals surface area contributed by atoms with E-state index in [4.69, 9.17) is 4.74 Å². The first kappa shape index (κ1) is 21.3. The number of hydrogen-bond donors (Lipinski definition) is 1. The van der Waals surface area contributed by atoms with Gasteiger partial charge in [0.15, 0.2) is 12.6 Å². The minimum atomic E-state index is -4.37. The molecule has 0 atom stereocenters. The largest absolute Gasteiger partial charge is 0.468 e. The first-order valence-corrected chi connectivity index (χ1v) is 9.01. The van der Waals surface area contributed by atoms with Crippen molar-refractivity contribution < 1.29 is 22.6 Å². The number of halogens is 3. The lowest BCUT2D eigenvalue weighted by Crippen LogP contribution is -2.39. The minimum absolute atomic E-state index is 0.0472. The highest BCUT2D eigenvalue weighted by molar-refractivity contribution is 5.79. The van der Waals surface area contributed by atoms with Crippen molar-refractivity contribution >= 4 is 5.96 Å². The maximum atomic E-state index is 12.1. The quantitative estimate of drug-likeness (QED) is 0.575. The van der Waals surface area contributed by atoms with E-state index >= 15 is 0 Å². The Morgan fingerprint density at radius 3 is 2.70 bits per heavy atom. The summed E-state index contributed by atoms with van der Waals surface area (Å²) in [4.78, 5) is 10.3. The molecule has 1 aliphatic heterocycles. The van der Waals surface area contributed by atoms with Crippen LogP contribution in [0.15, 0.2) is 23.3 Å². The van der Waals surface area contributed by atoms with Crippen molar-refractivity contribution in [2.45, 2.75) is 32.0 Å². The average molecular weight is 388 g/mol. The molecule has 1 saturated heterocycles. The molecule has 1 aromatic heterocycles. The zero-order valence-corrected chi connectivity index (χ0v) is 15.8. The summed E-state index contributed by atoms with van der Waals surface area (Å²) in [7, 11) is 3.71. The van der Waals surface area contributed by atoms with Crippen molar-refractivity contribution in [2.75, 3.05) is 40.5 Å². The molecular weight excluding hydrogens is 361 g/mol. The number of hydrogen-bond acceptors (Lipinski definition) is 4. The van der Waals surface area contributed by atoms with Crippen molar-refractivity contribution in [3.05, 3.63) is 23.9 Å². The van der Waals surface area contributed by atoms with Gasteiger partial charge in [-0.2, -0.15) is 13.2 Å². The second-order valence-electron chi connectivity index (χ2n) is 6.58. The van der Waals surface area contributed by atoms with E-state index in [1.54, 1.807) is 13.1 Å². The number of ether oxygens (including phenoxy) is 2. The van der Waals surface area contributed by atoms with Gasteiger partial charge in [-0.3, -0.25) is 4.99 Å². The second-order valence-corrected chi connectivity index (χ2v) is 6.58. The number of rotatable bonds is 7. The summed E-state index contributed by atoms with van der Waals surface area (Å²) < 4.78 is 46.4. The summed E-state index contributed by atoms with van der Waals surface area (Å²) in [6.07, 6.45) is 0.424. The topological polar surface area (TPSA) is 59.0 Å². The molecule has 2 heterocycles. The Labute approximate surface area is 157 Å². The Morgan fingerprint density at radius 1 is 1.37 bits per heavy atom. The Kier molecular flexibility index (Phi) is 8.15. The van der Waals surface area contributed by atoms with Crippen molar-refractivity contribution in [2.24, 2.45) is 10.9 Å². The molecule has 0 saturated carbocycles. The lowest BCUT2D eigenvalue weighted by atomic mass is 9.96. The van der Waals surface area contributed by atoms with Crippen LogP contribution in [0.2, 0.25) is 0 Å². The molecule has 6 nitrogen and oxygen atoms in total. The molecule has 1 aliphatic rings. The zero-order valence-electron chi connectivity index (χ0n) is 15.8. The lowest BCUT2D eigenvalue weighted by molar-refractivity contribution is -0.154. The van der Waals surface area contributed by atoms with Crippen LogP contribution in [-0.4, -0.2) is 62.5 Å². The second kappa shape index (κ2) is 10.3. The van der Waals surface area contributed by atoms with Crippen molar-refractivity contribution in [1.29, 1.82) is 0 Å². The number of alkyl halides is 3. The number of guanidine groups is 1. The molecule has 0 unspecified atom stereocenters. The Bertz CT molecular complexity index is 587. The Morgan fingerprint density at radius 2 is 2.11 bits per heavy atom. The first-order valence-electron chi connectivity index (χ1n) is 9.01. The first-order chi connectivity index (χ1) is 12.9. The maximum Gasteiger partial charge on any atom is 0.422 e. The van der Waals surface area contributed by atoms with Gasteiger partial charge in [-0.25, -0.2) is 4.98 Å². The number of pyridine rings is 1. The van der Waals surface area contributed by atoms with Gasteiger partial charge >= 0.3 is 6.18 Å². The van der Waals surface area contributed by atoms with Gasteiger partial charge in [-0.15, -0.1) is 0 Å². The third-order valence-electron chi connectivity index (χ3n) is 4.42. The van der Waals surface area contributed by atoms with Gasteiger partial charge in [0.2, 0.25) is 5.88 Å². The number of aliphatic imine (C=N–C) groups is 1. The molecule has 152 valence electrons. The van der Waals surface area contributed by atoms with Crippen LogP contribution in [0.4, 0.5) is 13.2 Å². The predicted molar refractivity (Wildman–Crippen MR) is 96.8 cm³/mol. The van der Waals surface area contributed by atoms with E-state index in [9.17, 15) is 13.2 Å². The maximum absolute atomic E-state index is 12.1. The lowest BCUT2D eigenvalue weighted by Gasteiger charge is -2.26. The summed E-state index contributed by atoms with van der Waals surface area (Å²) in [5.41, 5.74) is 0.827. The van der Waals surface area contributed by atoms with Crippen LogP contribution < -0.4 is 10.1 Å². The SMILES string of the molecule is CN=C(NCc1ccc(OCC(F)(F)F)nc1)N(C)CCC1CCOCC1. The van der Waals surface area contributed by atoms with E-state index in [0.717, 1.165) is 50.5 Å². The van der Waals surface area contributed by atoms with E-state index in [1.807, 2.05) is 7.05 Å². The fourth-order valence-corrected chi connectivity index (χ4v) is 2.84. The molecule has 1 N–H and O–H groups in total. The zero-order chi connectivity index (χ0) is 19.7. The minimum Gasteiger partial charge on any atom is -0.468 e. The monoisotopic (exact) mass is 388 g/mol. The molecule has 9 heteroatoms. The van der Waals surface area contributed by atoms with Gasteiger partial charge in [0.05, 0.1) is 0 Å². The van der Waals surface area contributed by atoms with Crippen LogP contribution in [0.25, 0.3) is 0 Å². The van der Waals surface area contributed by atoms with Gasteiger partial charge in [0.25, 0.3) is 0 Å². The Hall–Kier alpha value is -2.03. The van der Waals surface area contributed by atoms with Crippen molar-refractivity contribution in [3.63, 3.8) is 0 Å². The van der Waals surface area contributed by atoms with Gasteiger partial charge < -0.3 is 19.7 Å². The molecule has 0 bridgehead atoms. The third-order valence-corrected chi connectivity index (χ3v) is 4.42. The molecule has 0 amide bonds. The number of aromatic nitrogens is 1. The standard InChI is InChI=1S/C18H27F3N4O2/c1-22-17(25(2)8-5-14-6-9-26-10-7-14)24-12-15-3-4-16(23-11-15)27-13-18(19,20)21/h3-4,11,14H,5-10,12-13H2,1-2H3,(H,22,24). The summed E-state index contributed by atoms with van der Waals surface area (Å²) in [6.45, 7) is 1.71. The fourth-order valence-electron chi connectivity index (χ4n) is 2.84. The highest BCUT2D eigenvalue weighted by Crippen LogP contribution is 2.19. The van der Waals surface area contributed by atoms with Crippen LogP contribution in [0.3, 0.4) is 0 Å². The van der Waals surface area contributed by atoms with E-state index in [2.05, 4.69) is 24.9 Å². The van der Waals surface area contributed by atoms with E-state index in [1.165, 1.54) is 12.3 Å².